The predicted molar refractivity (Wildman–Crippen MR) is 69.2 cm³/mol. The van der Waals surface area contributed by atoms with Gasteiger partial charge < -0.3 is 14.8 Å². The Bertz CT molecular complexity index is 454. The molecule has 104 valence electrons. The monoisotopic (exact) mass is 267 g/mol. The molecular formula is C14H18FNO3. The molecule has 0 unspecified atom stereocenters. The zero-order valence-electron chi connectivity index (χ0n) is 11.3. The van der Waals surface area contributed by atoms with E-state index in [0.717, 1.165) is 0 Å². The summed E-state index contributed by atoms with van der Waals surface area (Å²) in [7, 11) is 0. The molecule has 0 heterocycles. The fourth-order valence-electron chi connectivity index (χ4n) is 1.55. The number of amides is 1. The molecule has 0 spiro atoms. The summed E-state index contributed by atoms with van der Waals surface area (Å²) in [5, 5.41) is 2.56. The number of aldehydes is 1. The summed E-state index contributed by atoms with van der Waals surface area (Å²) in [5.74, 6) is -0.417. The molecule has 1 aromatic rings. The SMILES string of the molecule is CC(C)(C)OC(=O)N[C@H](CC=O)c1cccc(F)c1. The van der Waals surface area contributed by atoms with Crippen LogP contribution in [0.4, 0.5) is 9.18 Å². The molecule has 0 saturated carbocycles. The number of benzene rings is 1. The standard InChI is InChI=1S/C14H18FNO3/c1-14(2,3)19-13(18)16-12(7-8-17)10-5-4-6-11(15)9-10/h4-6,8-9,12H,7H2,1-3H3,(H,16,18)/t12-/m1/s1. The van der Waals surface area contributed by atoms with Gasteiger partial charge in [-0.3, -0.25) is 0 Å². The van der Waals surface area contributed by atoms with Gasteiger partial charge in [-0.15, -0.1) is 0 Å². The van der Waals surface area contributed by atoms with E-state index < -0.39 is 23.6 Å². The zero-order chi connectivity index (χ0) is 14.5. The highest BCUT2D eigenvalue weighted by atomic mass is 19.1. The van der Waals surface area contributed by atoms with Gasteiger partial charge in [0.15, 0.2) is 0 Å². The number of carbonyl (C=O) groups excluding carboxylic acids is 2. The minimum atomic E-state index is -0.636. The summed E-state index contributed by atoms with van der Waals surface area (Å²) in [4.78, 5) is 22.3. The fraction of sp³-hybridized carbons (Fsp3) is 0.429. The Morgan fingerprint density at radius 1 is 1.47 bits per heavy atom. The van der Waals surface area contributed by atoms with Crippen LogP contribution in [0.3, 0.4) is 0 Å². The number of hydrogen-bond donors (Lipinski definition) is 1. The molecule has 19 heavy (non-hydrogen) atoms. The van der Waals surface area contributed by atoms with Gasteiger partial charge in [0.2, 0.25) is 0 Å². The summed E-state index contributed by atoms with van der Waals surface area (Å²) in [6, 6.07) is 5.16. The summed E-state index contributed by atoms with van der Waals surface area (Å²) in [6.07, 6.45) is 0.0962. The highest BCUT2D eigenvalue weighted by Crippen LogP contribution is 2.18. The van der Waals surface area contributed by atoms with Crippen molar-refractivity contribution in [1.82, 2.24) is 5.32 Å². The van der Waals surface area contributed by atoms with Gasteiger partial charge in [-0.1, -0.05) is 12.1 Å². The minimum absolute atomic E-state index is 0.0582. The Kier molecular flexibility index (Phi) is 5.03. The first-order valence-electron chi connectivity index (χ1n) is 6.00. The average Bonchev–Trinajstić information content (AvgIpc) is 2.26. The van der Waals surface area contributed by atoms with Crippen LogP contribution in [0.1, 0.15) is 38.8 Å². The van der Waals surface area contributed by atoms with E-state index in [0.29, 0.717) is 11.8 Å². The number of alkyl carbamates (subject to hydrolysis) is 1. The molecule has 1 N–H and O–H groups in total. The van der Waals surface area contributed by atoms with E-state index in [9.17, 15) is 14.0 Å². The molecule has 0 aliphatic rings. The van der Waals surface area contributed by atoms with E-state index in [2.05, 4.69) is 5.32 Å². The van der Waals surface area contributed by atoms with E-state index in [1.807, 2.05) is 0 Å². The summed E-state index contributed by atoms with van der Waals surface area (Å²) in [6.45, 7) is 5.22. The van der Waals surface area contributed by atoms with E-state index in [4.69, 9.17) is 4.74 Å². The Labute approximate surface area is 112 Å². The number of ether oxygens (including phenoxy) is 1. The van der Waals surface area contributed by atoms with Crippen LogP contribution in [0.2, 0.25) is 0 Å². The van der Waals surface area contributed by atoms with Crippen molar-refractivity contribution in [3.63, 3.8) is 0 Å². The van der Waals surface area contributed by atoms with Gasteiger partial charge >= 0.3 is 6.09 Å². The third-order valence-electron chi connectivity index (χ3n) is 2.27. The van der Waals surface area contributed by atoms with Crippen molar-refractivity contribution in [2.24, 2.45) is 0 Å². The molecule has 4 nitrogen and oxygen atoms in total. The van der Waals surface area contributed by atoms with Gasteiger partial charge in [0.25, 0.3) is 0 Å². The summed E-state index contributed by atoms with van der Waals surface area (Å²) >= 11 is 0. The van der Waals surface area contributed by atoms with Crippen molar-refractivity contribution in [3.05, 3.63) is 35.6 Å². The average molecular weight is 267 g/mol. The predicted octanol–water partition coefficient (Wildman–Crippen LogP) is 2.98. The first-order valence-corrected chi connectivity index (χ1v) is 6.00. The van der Waals surface area contributed by atoms with Crippen LogP contribution in [0, 0.1) is 5.82 Å². The topological polar surface area (TPSA) is 55.4 Å². The highest BCUT2D eigenvalue weighted by molar-refractivity contribution is 5.69. The second-order valence-electron chi connectivity index (χ2n) is 5.16. The second-order valence-corrected chi connectivity index (χ2v) is 5.16. The molecule has 1 amide bonds. The van der Waals surface area contributed by atoms with Crippen LogP contribution in [-0.4, -0.2) is 18.0 Å². The molecule has 1 aromatic carbocycles. The number of carbonyl (C=O) groups is 2. The van der Waals surface area contributed by atoms with E-state index in [1.54, 1.807) is 26.8 Å². The molecule has 0 aliphatic carbocycles. The molecule has 0 bridgehead atoms. The van der Waals surface area contributed by atoms with Crippen LogP contribution in [-0.2, 0) is 9.53 Å². The molecule has 0 fully saturated rings. The molecule has 0 saturated heterocycles. The minimum Gasteiger partial charge on any atom is -0.444 e. The molecule has 5 heteroatoms. The van der Waals surface area contributed by atoms with Gasteiger partial charge in [-0.25, -0.2) is 9.18 Å². The van der Waals surface area contributed by atoms with Gasteiger partial charge in [-0.2, -0.15) is 0 Å². The smallest absolute Gasteiger partial charge is 0.408 e. The molecule has 0 aromatic heterocycles. The fourth-order valence-corrected chi connectivity index (χ4v) is 1.55. The number of halogens is 1. The van der Waals surface area contributed by atoms with Gasteiger partial charge in [0.1, 0.15) is 17.7 Å². The zero-order valence-corrected chi connectivity index (χ0v) is 11.3. The van der Waals surface area contributed by atoms with E-state index in [-0.39, 0.29) is 6.42 Å². The normalized spacial score (nSPS) is 12.6. The van der Waals surface area contributed by atoms with E-state index in [1.165, 1.54) is 18.2 Å². The second kappa shape index (κ2) is 6.31. The first kappa shape index (κ1) is 15.1. The Hall–Kier alpha value is -1.91. The number of hydrogen-bond acceptors (Lipinski definition) is 3. The molecule has 0 aliphatic heterocycles. The van der Waals surface area contributed by atoms with E-state index >= 15 is 0 Å². The molecule has 1 rings (SSSR count). The Balaban J connectivity index is 2.78. The van der Waals surface area contributed by atoms with Crippen molar-refractivity contribution in [3.8, 4) is 0 Å². The van der Waals surface area contributed by atoms with Crippen LogP contribution in [0.15, 0.2) is 24.3 Å². The van der Waals surface area contributed by atoms with Gasteiger partial charge in [0, 0.05) is 6.42 Å². The largest absolute Gasteiger partial charge is 0.444 e. The molecule has 0 radical (unpaired) electrons. The van der Waals surface area contributed by atoms with Crippen molar-refractivity contribution in [1.29, 1.82) is 0 Å². The lowest BCUT2D eigenvalue weighted by Crippen LogP contribution is -2.35. The maximum atomic E-state index is 13.1. The lowest BCUT2D eigenvalue weighted by atomic mass is 10.0. The van der Waals surface area contributed by atoms with Crippen molar-refractivity contribution < 1.29 is 18.7 Å². The van der Waals surface area contributed by atoms with Crippen molar-refractivity contribution in [2.75, 3.05) is 0 Å². The van der Waals surface area contributed by atoms with Crippen molar-refractivity contribution >= 4 is 12.4 Å². The Morgan fingerprint density at radius 2 is 2.16 bits per heavy atom. The Morgan fingerprint density at radius 3 is 2.68 bits per heavy atom. The van der Waals surface area contributed by atoms with Gasteiger partial charge in [0.05, 0.1) is 6.04 Å². The number of rotatable bonds is 4. The first-order chi connectivity index (χ1) is 8.81. The molecular weight excluding hydrogens is 249 g/mol. The molecule has 1 atom stereocenters. The summed E-state index contributed by atoms with van der Waals surface area (Å²) < 4.78 is 18.3. The van der Waals surface area contributed by atoms with Gasteiger partial charge in [-0.05, 0) is 38.5 Å². The maximum absolute atomic E-state index is 13.1. The van der Waals surface area contributed by atoms with Crippen LogP contribution in [0.25, 0.3) is 0 Å². The third-order valence-corrected chi connectivity index (χ3v) is 2.27. The third kappa shape index (κ3) is 5.50. The van der Waals surface area contributed by atoms with Crippen LogP contribution < -0.4 is 5.32 Å². The highest BCUT2D eigenvalue weighted by Gasteiger charge is 2.20. The van der Waals surface area contributed by atoms with Crippen LogP contribution in [0.5, 0.6) is 0 Å². The quantitative estimate of drug-likeness (QED) is 0.853. The van der Waals surface area contributed by atoms with Crippen molar-refractivity contribution in [2.45, 2.75) is 38.8 Å². The van der Waals surface area contributed by atoms with Crippen LogP contribution >= 0.6 is 0 Å². The summed E-state index contributed by atoms with van der Waals surface area (Å²) in [5.41, 5.74) is -0.101. The maximum Gasteiger partial charge on any atom is 0.408 e. The lowest BCUT2D eigenvalue weighted by molar-refractivity contribution is -0.108. The lowest BCUT2D eigenvalue weighted by Gasteiger charge is -2.23. The number of nitrogens with one attached hydrogen (secondary N) is 1.